The molecule has 0 bridgehead atoms. The van der Waals surface area contributed by atoms with Gasteiger partial charge in [0.05, 0.1) is 17.1 Å². The highest BCUT2D eigenvalue weighted by Crippen LogP contribution is 2.10. The van der Waals surface area contributed by atoms with Gasteiger partial charge in [0.1, 0.15) is 5.69 Å². The lowest BCUT2D eigenvalue weighted by molar-refractivity contribution is 0.0983. The Kier molecular flexibility index (Phi) is 2.64. The van der Waals surface area contributed by atoms with Crippen LogP contribution in [0.2, 0.25) is 0 Å². The molecule has 0 saturated carbocycles. The maximum Gasteiger partial charge on any atom is 0.186 e. The van der Waals surface area contributed by atoms with Gasteiger partial charge in [-0.2, -0.15) is 5.10 Å². The minimum atomic E-state index is 0.0558. The summed E-state index contributed by atoms with van der Waals surface area (Å²) in [5.74, 6) is 0.0558. The zero-order chi connectivity index (χ0) is 10.8. The molecule has 0 aliphatic heterocycles. The van der Waals surface area contributed by atoms with E-state index in [0.717, 1.165) is 10.7 Å². The summed E-state index contributed by atoms with van der Waals surface area (Å²) in [4.78, 5) is 16.1. The van der Waals surface area contributed by atoms with Crippen molar-refractivity contribution in [2.24, 2.45) is 7.05 Å². The second-order valence-electron chi connectivity index (χ2n) is 3.30. The summed E-state index contributed by atoms with van der Waals surface area (Å²) in [5, 5.41) is 6.87. The molecule has 0 aromatic carbocycles. The van der Waals surface area contributed by atoms with Gasteiger partial charge in [0, 0.05) is 18.6 Å². The molecule has 2 aromatic heterocycles. The van der Waals surface area contributed by atoms with Crippen LogP contribution in [0.15, 0.2) is 17.6 Å². The number of ketones is 1. The molecule has 0 N–H and O–H groups in total. The third-order valence-electron chi connectivity index (χ3n) is 2.11. The summed E-state index contributed by atoms with van der Waals surface area (Å²) in [6.07, 6.45) is 1.98. The highest BCUT2D eigenvalue weighted by molar-refractivity contribution is 7.09. The Bertz CT molecular complexity index is 486. The molecule has 0 fully saturated rings. The van der Waals surface area contributed by atoms with E-state index in [1.807, 2.05) is 12.3 Å². The standard InChI is InChI=1S/C10H11N3OS/c1-7-12-8(6-15-7)5-10(14)9-3-4-11-13(9)2/h3-4,6H,5H2,1-2H3. The van der Waals surface area contributed by atoms with Crippen molar-refractivity contribution in [3.8, 4) is 0 Å². The van der Waals surface area contributed by atoms with Crippen molar-refractivity contribution < 1.29 is 4.79 Å². The van der Waals surface area contributed by atoms with E-state index >= 15 is 0 Å². The van der Waals surface area contributed by atoms with E-state index in [1.165, 1.54) is 0 Å². The summed E-state index contributed by atoms with van der Waals surface area (Å²) in [6, 6.07) is 1.72. The first-order valence-electron chi connectivity index (χ1n) is 4.59. The first-order chi connectivity index (χ1) is 7.16. The fourth-order valence-corrected chi connectivity index (χ4v) is 2.00. The molecule has 0 amide bonds. The number of hydrogen-bond donors (Lipinski definition) is 0. The van der Waals surface area contributed by atoms with E-state index in [0.29, 0.717) is 12.1 Å². The topological polar surface area (TPSA) is 47.8 Å². The molecule has 0 unspecified atom stereocenters. The van der Waals surface area contributed by atoms with Crippen LogP contribution in [0, 0.1) is 6.92 Å². The molecular weight excluding hydrogens is 210 g/mol. The molecule has 0 saturated heterocycles. The van der Waals surface area contributed by atoms with Crippen LogP contribution in [0.25, 0.3) is 0 Å². The lowest BCUT2D eigenvalue weighted by Gasteiger charge is -1.98. The Labute approximate surface area is 91.6 Å². The molecule has 0 radical (unpaired) electrons. The molecule has 2 heterocycles. The van der Waals surface area contributed by atoms with E-state index < -0.39 is 0 Å². The third-order valence-corrected chi connectivity index (χ3v) is 2.94. The lowest BCUT2D eigenvalue weighted by Crippen LogP contribution is -2.09. The van der Waals surface area contributed by atoms with Crippen LogP contribution in [0.4, 0.5) is 0 Å². The molecule has 0 aliphatic carbocycles. The number of carbonyl (C=O) groups is 1. The Balaban J connectivity index is 2.14. The number of hydrogen-bond acceptors (Lipinski definition) is 4. The van der Waals surface area contributed by atoms with Crippen molar-refractivity contribution in [1.29, 1.82) is 0 Å². The molecule has 0 aliphatic rings. The Hall–Kier alpha value is -1.49. The predicted molar refractivity (Wildman–Crippen MR) is 58.1 cm³/mol. The molecule has 4 nitrogen and oxygen atoms in total. The van der Waals surface area contributed by atoms with E-state index in [1.54, 1.807) is 35.3 Å². The Morgan fingerprint density at radius 2 is 2.40 bits per heavy atom. The number of aromatic nitrogens is 3. The molecule has 2 aromatic rings. The zero-order valence-corrected chi connectivity index (χ0v) is 9.41. The average Bonchev–Trinajstić information content (AvgIpc) is 2.75. The molecule has 0 atom stereocenters. The normalized spacial score (nSPS) is 10.5. The van der Waals surface area contributed by atoms with Crippen molar-refractivity contribution >= 4 is 17.1 Å². The first-order valence-corrected chi connectivity index (χ1v) is 5.47. The van der Waals surface area contributed by atoms with Gasteiger partial charge < -0.3 is 0 Å². The Morgan fingerprint density at radius 1 is 1.60 bits per heavy atom. The second kappa shape index (κ2) is 3.94. The molecule has 2 rings (SSSR count). The number of thiazole rings is 1. The lowest BCUT2D eigenvalue weighted by atomic mass is 10.2. The van der Waals surface area contributed by atoms with Crippen molar-refractivity contribution in [3.05, 3.63) is 34.0 Å². The molecule has 0 spiro atoms. The van der Waals surface area contributed by atoms with Gasteiger partial charge in [-0.1, -0.05) is 0 Å². The van der Waals surface area contributed by atoms with E-state index in [-0.39, 0.29) is 5.78 Å². The van der Waals surface area contributed by atoms with Gasteiger partial charge in [-0.25, -0.2) is 4.98 Å². The van der Waals surface area contributed by atoms with Crippen LogP contribution in [0.5, 0.6) is 0 Å². The number of aryl methyl sites for hydroxylation is 2. The highest BCUT2D eigenvalue weighted by Gasteiger charge is 2.12. The Morgan fingerprint density at radius 3 is 2.93 bits per heavy atom. The quantitative estimate of drug-likeness (QED) is 0.740. The minimum Gasteiger partial charge on any atom is -0.292 e. The van der Waals surface area contributed by atoms with Crippen LogP contribution in [-0.4, -0.2) is 20.5 Å². The number of carbonyl (C=O) groups excluding carboxylic acids is 1. The van der Waals surface area contributed by atoms with Gasteiger partial charge in [-0.3, -0.25) is 9.48 Å². The van der Waals surface area contributed by atoms with Gasteiger partial charge in [0.25, 0.3) is 0 Å². The van der Waals surface area contributed by atoms with Crippen LogP contribution < -0.4 is 0 Å². The van der Waals surface area contributed by atoms with Crippen molar-refractivity contribution in [3.63, 3.8) is 0 Å². The zero-order valence-electron chi connectivity index (χ0n) is 8.60. The monoisotopic (exact) mass is 221 g/mol. The van der Waals surface area contributed by atoms with Gasteiger partial charge in [-0.15, -0.1) is 11.3 Å². The number of Topliss-reactive ketones (excluding diaryl/α,β-unsaturated/α-hetero) is 1. The summed E-state index contributed by atoms with van der Waals surface area (Å²) in [6.45, 7) is 1.93. The van der Waals surface area contributed by atoms with Gasteiger partial charge in [0.15, 0.2) is 5.78 Å². The molecule has 5 heteroatoms. The smallest absolute Gasteiger partial charge is 0.186 e. The minimum absolute atomic E-state index is 0.0558. The van der Waals surface area contributed by atoms with Crippen LogP contribution in [0.3, 0.4) is 0 Å². The van der Waals surface area contributed by atoms with Crippen LogP contribution in [0.1, 0.15) is 21.2 Å². The number of rotatable bonds is 3. The fraction of sp³-hybridized carbons (Fsp3) is 0.300. The largest absolute Gasteiger partial charge is 0.292 e. The van der Waals surface area contributed by atoms with Gasteiger partial charge in [0.2, 0.25) is 0 Å². The summed E-state index contributed by atoms with van der Waals surface area (Å²) in [7, 11) is 1.76. The fourth-order valence-electron chi connectivity index (χ4n) is 1.39. The maximum atomic E-state index is 11.8. The summed E-state index contributed by atoms with van der Waals surface area (Å²) >= 11 is 1.56. The van der Waals surface area contributed by atoms with Gasteiger partial charge >= 0.3 is 0 Å². The molecule has 15 heavy (non-hydrogen) atoms. The SMILES string of the molecule is Cc1nc(CC(=O)c2ccnn2C)cs1. The van der Waals surface area contributed by atoms with Gasteiger partial charge in [-0.05, 0) is 13.0 Å². The van der Waals surface area contributed by atoms with E-state index in [4.69, 9.17) is 0 Å². The second-order valence-corrected chi connectivity index (χ2v) is 4.36. The third kappa shape index (κ3) is 2.12. The maximum absolute atomic E-state index is 11.8. The molecule has 78 valence electrons. The van der Waals surface area contributed by atoms with Crippen LogP contribution >= 0.6 is 11.3 Å². The first kappa shape index (κ1) is 10.0. The summed E-state index contributed by atoms with van der Waals surface area (Å²) < 4.78 is 1.58. The molecular formula is C10H11N3OS. The average molecular weight is 221 g/mol. The van der Waals surface area contributed by atoms with E-state index in [9.17, 15) is 4.79 Å². The number of nitrogens with zero attached hydrogens (tertiary/aromatic N) is 3. The van der Waals surface area contributed by atoms with Crippen LogP contribution in [-0.2, 0) is 13.5 Å². The summed E-state index contributed by atoms with van der Waals surface area (Å²) in [5.41, 5.74) is 1.46. The van der Waals surface area contributed by atoms with Crippen molar-refractivity contribution in [2.75, 3.05) is 0 Å². The highest BCUT2D eigenvalue weighted by atomic mass is 32.1. The van der Waals surface area contributed by atoms with Crippen molar-refractivity contribution in [1.82, 2.24) is 14.8 Å². The van der Waals surface area contributed by atoms with Crippen molar-refractivity contribution in [2.45, 2.75) is 13.3 Å². The predicted octanol–water partition coefficient (Wildman–Crippen LogP) is 1.61. The van der Waals surface area contributed by atoms with E-state index in [2.05, 4.69) is 10.1 Å².